The number of nitrogens with zero attached hydrogens (tertiary/aromatic N) is 3. The van der Waals surface area contributed by atoms with Crippen LogP contribution in [0.3, 0.4) is 0 Å². The van der Waals surface area contributed by atoms with Crippen molar-refractivity contribution in [1.29, 1.82) is 0 Å². The van der Waals surface area contributed by atoms with Gasteiger partial charge in [0.15, 0.2) is 5.82 Å². The Balaban J connectivity index is 0.000000348. The van der Waals surface area contributed by atoms with Gasteiger partial charge in [-0.3, -0.25) is 29.0 Å². The second-order valence-electron chi connectivity index (χ2n) is 13.3. The molecule has 1 aliphatic heterocycles. The highest BCUT2D eigenvalue weighted by atomic mass is 32.1. The van der Waals surface area contributed by atoms with E-state index in [0.717, 1.165) is 4.83 Å². The van der Waals surface area contributed by atoms with Crippen molar-refractivity contribution in [2.45, 2.75) is 92.3 Å². The van der Waals surface area contributed by atoms with Gasteiger partial charge in [-0.15, -0.1) is 11.3 Å². The number of urea groups is 1. The summed E-state index contributed by atoms with van der Waals surface area (Å²) in [5.74, 6) is -2.44. The van der Waals surface area contributed by atoms with Crippen molar-refractivity contribution in [3.05, 3.63) is 46.2 Å². The number of pyridine rings is 1. The van der Waals surface area contributed by atoms with E-state index in [1.165, 1.54) is 22.7 Å². The highest BCUT2D eigenvalue weighted by Gasteiger charge is 2.42. The van der Waals surface area contributed by atoms with Crippen molar-refractivity contribution in [2.75, 3.05) is 13.1 Å². The number of primary amides is 1. The number of nitrogens with one attached hydrogen (secondary N) is 4. The van der Waals surface area contributed by atoms with E-state index >= 15 is 0 Å². The molecule has 0 radical (unpaired) electrons. The number of Topliss-reactive ketones (excluding diaryl/α,β-unsaturated/α-hetero) is 1. The van der Waals surface area contributed by atoms with Crippen LogP contribution in [0.1, 0.15) is 74.7 Å². The molecule has 262 valence electrons. The molecule has 0 aliphatic carbocycles. The summed E-state index contributed by atoms with van der Waals surface area (Å²) in [6.07, 6.45) is 3.96. The van der Waals surface area contributed by atoms with Gasteiger partial charge in [-0.2, -0.15) is 0 Å². The Morgan fingerprint density at radius 2 is 1.75 bits per heavy atom. The molecule has 0 saturated carbocycles. The number of carbonyl (C=O) groups is 5. The molecule has 0 aromatic carbocycles. The molecule has 3 aromatic rings. The molecule has 1 saturated heterocycles. The first kappa shape index (κ1) is 39.5. The van der Waals surface area contributed by atoms with E-state index in [0.29, 0.717) is 36.3 Å². The lowest BCUT2D eigenvalue weighted by Gasteiger charge is -2.36. The molecular formula is C33H48N8O6S. The zero-order valence-electron chi connectivity index (χ0n) is 28.9. The summed E-state index contributed by atoms with van der Waals surface area (Å²) in [4.78, 5) is 85.3. The van der Waals surface area contributed by atoms with Gasteiger partial charge in [0.05, 0.1) is 11.9 Å². The van der Waals surface area contributed by atoms with Crippen LogP contribution in [0.5, 0.6) is 0 Å². The van der Waals surface area contributed by atoms with Crippen LogP contribution in [0.25, 0.3) is 21.7 Å². The van der Waals surface area contributed by atoms with E-state index in [4.69, 9.17) is 5.73 Å². The first-order valence-electron chi connectivity index (χ1n) is 15.8. The Morgan fingerprint density at radius 3 is 2.31 bits per heavy atom. The number of H-pyrrole nitrogens is 1. The standard InChI is InChI=1S/C19H33N5O5.C11H7N3OS.C3H8/c1-18(2,3)13(22-17(29)23-19(4,5)6)16(28)24-9-7-8-11(24)15(27)21-10-12(25)14(20)26;15-10-7-4-6-16-11(7)14-9(13-10)8-3-1-2-5-12-8;1-3-2/h11,13H,7-10H2,1-6H3,(H2,20,26)(H,21,27)(H2,22,23,29);1-6H,(H,13,14,15);3H2,1-2H3/t11?,13-;;/m1../s1. The van der Waals surface area contributed by atoms with Gasteiger partial charge in [0.25, 0.3) is 11.5 Å². The average molecular weight is 685 g/mol. The van der Waals surface area contributed by atoms with Crippen LogP contribution >= 0.6 is 11.3 Å². The molecule has 4 heterocycles. The molecular weight excluding hydrogens is 636 g/mol. The van der Waals surface area contributed by atoms with Crippen molar-refractivity contribution >= 4 is 51.1 Å². The zero-order valence-corrected chi connectivity index (χ0v) is 29.7. The third-order valence-electron chi connectivity index (χ3n) is 6.66. The number of hydrogen-bond acceptors (Lipinski definition) is 9. The Labute approximate surface area is 284 Å². The van der Waals surface area contributed by atoms with Gasteiger partial charge in [0.2, 0.25) is 17.6 Å². The van der Waals surface area contributed by atoms with E-state index in [-0.39, 0.29) is 11.5 Å². The number of likely N-dealkylation sites (tertiary alicyclic amines) is 1. The molecule has 6 N–H and O–H groups in total. The Bertz CT molecular complexity index is 1620. The lowest BCUT2D eigenvalue weighted by molar-refractivity contribution is -0.142. The zero-order chi connectivity index (χ0) is 36.2. The van der Waals surface area contributed by atoms with Crippen LogP contribution in [-0.2, 0) is 19.2 Å². The fourth-order valence-corrected chi connectivity index (χ4v) is 5.25. The number of rotatable bonds is 7. The van der Waals surface area contributed by atoms with Crippen LogP contribution in [0.4, 0.5) is 4.79 Å². The van der Waals surface area contributed by atoms with Gasteiger partial charge in [0.1, 0.15) is 22.6 Å². The first-order valence-corrected chi connectivity index (χ1v) is 16.7. The molecule has 1 aliphatic rings. The second kappa shape index (κ2) is 17.5. The number of hydrogen-bond donors (Lipinski definition) is 5. The Morgan fingerprint density at radius 1 is 1.08 bits per heavy atom. The minimum absolute atomic E-state index is 0.119. The fourth-order valence-electron chi connectivity index (χ4n) is 4.49. The maximum atomic E-state index is 13.2. The number of fused-ring (bicyclic) bond motifs is 1. The van der Waals surface area contributed by atoms with Crippen LogP contribution in [0.2, 0.25) is 0 Å². The van der Waals surface area contributed by atoms with Crippen LogP contribution in [0.15, 0.2) is 40.6 Å². The summed E-state index contributed by atoms with van der Waals surface area (Å²) in [5, 5.41) is 10.3. The minimum atomic E-state index is -1.13. The number of thiophene rings is 1. The topological polar surface area (TPSA) is 209 Å². The predicted molar refractivity (Wildman–Crippen MR) is 186 cm³/mol. The lowest BCUT2D eigenvalue weighted by atomic mass is 9.85. The molecule has 14 nitrogen and oxygen atoms in total. The number of carbonyl (C=O) groups excluding carboxylic acids is 5. The van der Waals surface area contributed by atoms with E-state index in [2.05, 4.69) is 44.7 Å². The van der Waals surface area contributed by atoms with Crippen LogP contribution in [0, 0.1) is 5.41 Å². The third kappa shape index (κ3) is 11.9. The highest BCUT2D eigenvalue weighted by Crippen LogP contribution is 2.26. The molecule has 4 rings (SSSR count). The maximum absolute atomic E-state index is 13.2. The van der Waals surface area contributed by atoms with Crippen molar-refractivity contribution in [3.63, 3.8) is 0 Å². The number of amides is 5. The summed E-state index contributed by atoms with van der Waals surface area (Å²) in [5.41, 5.74) is 4.36. The van der Waals surface area contributed by atoms with Crippen LogP contribution < -0.4 is 27.2 Å². The first-order chi connectivity index (χ1) is 22.4. The van der Waals surface area contributed by atoms with Gasteiger partial charge in [-0.05, 0) is 62.6 Å². The number of nitrogens with two attached hydrogens (primary N) is 1. The van der Waals surface area contributed by atoms with Crippen molar-refractivity contribution < 1.29 is 24.0 Å². The van der Waals surface area contributed by atoms with E-state index < -0.39 is 53.2 Å². The monoisotopic (exact) mass is 684 g/mol. The Hall–Kier alpha value is -4.66. The normalized spacial score (nSPS) is 14.8. The molecule has 5 amide bonds. The van der Waals surface area contributed by atoms with Gasteiger partial charge >= 0.3 is 6.03 Å². The van der Waals surface area contributed by atoms with Gasteiger partial charge in [-0.1, -0.05) is 47.1 Å². The van der Waals surface area contributed by atoms with Crippen LogP contribution in [-0.4, -0.2) is 80.1 Å². The molecule has 1 unspecified atom stereocenters. The molecule has 3 aromatic heterocycles. The Kier molecular flexibility index (Phi) is 14.4. The summed E-state index contributed by atoms with van der Waals surface area (Å²) in [7, 11) is 0. The molecule has 15 heteroatoms. The van der Waals surface area contributed by atoms with E-state index in [1.54, 1.807) is 12.3 Å². The molecule has 0 spiro atoms. The molecule has 0 bridgehead atoms. The number of aromatic amines is 1. The summed E-state index contributed by atoms with van der Waals surface area (Å²) >= 11 is 1.45. The summed E-state index contributed by atoms with van der Waals surface area (Å²) < 4.78 is 0. The fraction of sp³-hybridized carbons (Fsp3) is 0.515. The maximum Gasteiger partial charge on any atom is 0.315 e. The van der Waals surface area contributed by atoms with E-state index in [1.807, 2.05) is 65.1 Å². The predicted octanol–water partition coefficient (Wildman–Crippen LogP) is 3.12. The van der Waals surface area contributed by atoms with Crippen molar-refractivity contribution in [1.82, 2.24) is 35.8 Å². The lowest BCUT2D eigenvalue weighted by Crippen LogP contribution is -2.60. The van der Waals surface area contributed by atoms with E-state index in [9.17, 15) is 28.8 Å². The van der Waals surface area contributed by atoms with Gasteiger partial charge in [-0.25, -0.2) is 9.78 Å². The largest absolute Gasteiger partial charge is 0.363 e. The van der Waals surface area contributed by atoms with Crippen molar-refractivity contribution in [2.24, 2.45) is 11.1 Å². The van der Waals surface area contributed by atoms with Gasteiger partial charge in [0, 0.05) is 18.3 Å². The SMILES string of the molecule is CC(C)(C)NC(=O)N[C@H](C(=O)N1CCCC1C(=O)NCC(=O)C(N)=O)C(C)(C)C.CCC.O=c1[nH]c(-c2ccccn2)nc2sccc12. The number of ketones is 1. The second-order valence-corrected chi connectivity index (χ2v) is 14.2. The average Bonchev–Trinajstić information content (AvgIpc) is 3.68. The third-order valence-corrected chi connectivity index (χ3v) is 7.46. The molecule has 1 fully saturated rings. The number of aromatic nitrogens is 3. The smallest absolute Gasteiger partial charge is 0.315 e. The highest BCUT2D eigenvalue weighted by molar-refractivity contribution is 7.16. The summed E-state index contributed by atoms with van der Waals surface area (Å²) in [6.45, 7) is 15.0. The van der Waals surface area contributed by atoms with Crippen molar-refractivity contribution in [3.8, 4) is 11.5 Å². The quantitative estimate of drug-likeness (QED) is 0.233. The minimum Gasteiger partial charge on any atom is -0.363 e. The summed E-state index contributed by atoms with van der Waals surface area (Å²) in [6, 6.07) is 5.17. The van der Waals surface area contributed by atoms with Gasteiger partial charge < -0.3 is 31.6 Å². The molecule has 2 atom stereocenters. The molecule has 48 heavy (non-hydrogen) atoms.